The lowest BCUT2D eigenvalue weighted by molar-refractivity contribution is -0.117. The molecule has 1 unspecified atom stereocenters. The number of nitrogens with two attached hydrogens (primary N) is 1. The van der Waals surface area contributed by atoms with Gasteiger partial charge in [0.25, 0.3) is 0 Å². The van der Waals surface area contributed by atoms with Gasteiger partial charge in [0.15, 0.2) is 11.5 Å². The van der Waals surface area contributed by atoms with Crippen LogP contribution in [-0.4, -0.2) is 25.2 Å². The zero-order valence-electron chi connectivity index (χ0n) is 15.9. The monoisotopic (exact) mass is 392 g/mol. The SMILES string of the molecule is CCCOc1ccc(NC(=O)C(N)Cc2ccccc2)cc1OCCC.Cl. The summed E-state index contributed by atoms with van der Waals surface area (Å²) in [4.78, 5) is 12.4. The summed E-state index contributed by atoms with van der Waals surface area (Å²) >= 11 is 0. The molecule has 0 bridgehead atoms. The van der Waals surface area contributed by atoms with E-state index in [2.05, 4.69) is 12.2 Å². The van der Waals surface area contributed by atoms with Crippen LogP contribution in [0.2, 0.25) is 0 Å². The summed E-state index contributed by atoms with van der Waals surface area (Å²) in [5, 5.41) is 2.86. The second-order valence-corrected chi connectivity index (χ2v) is 6.14. The second kappa shape index (κ2) is 12.2. The molecule has 0 aliphatic carbocycles. The minimum atomic E-state index is -0.617. The third kappa shape index (κ3) is 7.49. The van der Waals surface area contributed by atoms with E-state index >= 15 is 0 Å². The van der Waals surface area contributed by atoms with Crippen molar-refractivity contribution in [3.63, 3.8) is 0 Å². The molecular formula is C21H29ClN2O3. The minimum absolute atomic E-state index is 0. The first-order valence-corrected chi connectivity index (χ1v) is 9.14. The maximum atomic E-state index is 12.4. The Labute approximate surface area is 167 Å². The number of ether oxygens (including phenoxy) is 2. The van der Waals surface area contributed by atoms with Gasteiger partial charge in [-0.3, -0.25) is 4.79 Å². The normalized spacial score (nSPS) is 11.2. The van der Waals surface area contributed by atoms with Crippen LogP contribution in [0.25, 0.3) is 0 Å². The first kappa shape index (κ1) is 22.8. The molecule has 2 aromatic carbocycles. The number of amides is 1. The van der Waals surface area contributed by atoms with E-state index in [9.17, 15) is 4.79 Å². The number of rotatable bonds is 10. The maximum absolute atomic E-state index is 12.4. The highest BCUT2D eigenvalue weighted by Crippen LogP contribution is 2.31. The van der Waals surface area contributed by atoms with E-state index in [0.29, 0.717) is 36.8 Å². The first-order chi connectivity index (χ1) is 12.6. The van der Waals surface area contributed by atoms with Crippen LogP contribution in [0, 0.1) is 0 Å². The largest absolute Gasteiger partial charge is 0.490 e. The van der Waals surface area contributed by atoms with Crippen molar-refractivity contribution in [2.24, 2.45) is 5.73 Å². The van der Waals surface area contributed by atoms with Crippen molar-refractivity contribution in [3.8, 4) is 11.5 Å². The molecule has 0 saturated carbocycles. The van der Waals surface area contributed by atoms with Crippen molar-refractivity contribution >= 4 is 24.0 Å². The van der Waals surface area contributed by atoms with Crippen molar-refractivity contribution in [1.29, 1.82) is 0 Å². The third-order valence-corrected chi connectivity index (χ3v) is 3.77. The van der Waals surface area contributed by atoms with Gasteiger partial charge in [0.05, 0.1) is 19.3 Å². The smallest absolute Gasteiger partial charge is 0.241 e. The number of carbonyl (C=O) groups is 1. The van der Waals surface area contributed by atoms with Crippen molar-refractivity contribution in [1.82, 2.24) is 0 Å². The van der Waals surface area contributed by atoms with Gasteiger partial charge >= 0.3 is 0 Å². The summed E-state index contributed by atoms with van der Waals surface area (Å²) in [5.74, 6) is 1.10. The molecule has 0 saturated heterocycles. The van der Waals surface area contributed by atoms with Gasteiger partial charge in [-0.15, -0.1) is 12.4 Å². The van der Waals surface area contributed by atoms with Crippen molar-refractivity contribution in [2.45, 2.75) is 39.2 Å². The van der Waals surface area contributed by atoms with Crippen molar-refractivity contribution < 1.29 is 14.3 Å². The fourth-order valence-electron chi connectivity index (χ4n) is 2.44. The van der Waals surface area contributed by atoms with Gasteiger partial charge in [-0.25, -0.2) is 0 Å². The summed E-state index contributed by atoms with van der Waals surface area (Å²) in [6.07, 6.45) is 2.30. The Bertz CT molecular complexity index is 695. The van der Waals surface area contributed by atoms with Gasteiger partial charge in [-0.05, 0) is 37.0 Å². The summed E-state index contributed by atoms with van der Waals surface area (Å²) in [6, 6.07) is 14.5. The lowest BCUT2D eigenvalue weighted by Crippen LogP contribution is -2.37. The highest BCUT2D eigenvalue weighted by Gasteiger charge is 2.15. The number of hydrogen-bond donors (Lipinski definition) is 2. The van der Waals surface area contributed by atoms with Crippen molar-refractivity contribution in [3.05, 3.63) is 54.1 Å². The molecule has 3 N–H and O–H groups in total. The molecule has 0 fully saturated rings. The van der Waals surface area contributed by atoms with Gasteiger partial charge in [0, 0.05) is 11.8 Å². The molecule has 1 amide bonds. The molecule has 2 aromatic rings. The molecule has 1 atom stereocenters. The predicted octanol–water partition coefficient (Wildman–Crippen LogP) is 4.19. The fourth-order valence-corrected chi connectivity index (χ4v) is 2.44. The van der Waals surface area contributed by atoms with Crippen LogP contribution in [0.5, 0.6) is 11.5 Å². The molecule has 0 aliphatic rings. The number of halogens is 1. The van der Waals surface area contributed by atoms with E-state index < -0.39 is 6.04 Å². The van der Waals surface area contributed by atoms with Crippen LogP contribution >= 0.6 is 12.4 Å². The molecule has 0 aliphatic heterocycles. The number of nitrogens with one attached hydrogen (secondary N) is 1. The number of hydrogen-bond acceptors (Lipinski definition) is 4. The Balaban J connectivity index is 0.00000364. The van der Waals surface area contributed by atoms with Gasteiger partial charge in [0.1, 0.15) is 0 Å². The molecule has 0 heterocycles. The lowest BCUT2D eigenvalue weighted by atomic mass is 10.1. The first-order valence-electron chi connectivity index (χ1n) is 9.14. The fraction of sp³-hybridized carbons (Fsp3) is 0.381. The van der Waals surface area contributed by atoms with Crippen LogP contribution in [0.4, 0.5) is 5.69 Å². The average molecular weight is 393 g/mol. The van der Waals surface area contributed by atoms with E-state index in [-0.39, 0.29) is 18.3 Å². The van der Waals surface area contributed by atoms with Crippen LogP contribution in [0.15, 0.2) is 48.5 Å². The molecule has 148 valence electrons. The predicted molar refractivity (Wildman–Crippen MR) is 112 cm³/mol. The Hall–Kier alpha value is -2.24. The molecule has 6 heteroatoms. The molecule has 0 spiro atoms. The maximum Gasteiger partial charge on any atom is 0.241 e. The van der Waals surface area contributed by atoms with Crippen molar-refractivity contribution in [2.75, 3.05) is 18.5 Å². The summed E-state index contributed by atoms with van der Waals surface area (Å²) < 4.78 is 11.5. The second-order valence-electron chi connectivity index (χ2n) is 6.14. The van der Waals surface area contributed by atoms with E-state index in [4.69, 9.17) is 15.2 Å². The Morgan fingerprint density at radius 2 is 1.63 bits per heavy atom. The molecule has 0 radical (unpaired) electrons. The summed E-state index contributed by atoms with van der Waals surface area (Å²) in [7, 11) is 0. The lowest BCUT2D eigenvalue weighted by Gasteiger charge is -2.16. The zero-order valence-corrected chi connectivity index (χ0v) is 16.8. The highest BCUT2D eigenvalue weighted by atomic mass is 35.5. The Morgan fingerprint density at radius 3 is 2.26 bits per heavy atom. The summed E-state index contributed by atoms with van der Waals surface area (Å²) in [5.41, 5.74) is 7.72. The zero-order chi connectivity index (χ0) is 18.8. The molecule has 0 aromatic heterocycles. The quantitative estimate of drug-likeness (QED) is 0.635. The van der Waals surface area contributed by atoms with Gasteiger partial charge < -0.3 is 20.5 Å². The van der Waals surface area contributed by atoms with E-state index in [1.165, 1.54) is 0 Å². The van der Waals surface area contributed by atoms with Gasteiger partial charge in [-0.1, -0.05) is 44.2 Å². The van der Waals surface area contributed by atoms with E-state index in [0.717, 1.165) is 18.4 Å². The number of carbonyl (C=O) groups excluding carboxylic acids is 1. The van der Waals surface area contributed by atoms with Crippen LogP contribution in [-0.2, 0) is 11.2 Å². The molecule has 27 heavy (non-hydrogen) atoms. The highest BCUT2D eigenvalue weighted by molar-refractivity contribution is 5.95. The van der Waals surface area contributed by atoms with Crippen LogP contribution in [0.1, 0.15) is 32.3 Å². The molecule has 5 nitrogen and oxygen atoms in total. The Morgan fingerprint density at radius 1 is 1.00 bits per heavy atom. The third-order valence-electron chi connectivity index (χ3n) is 3.77. The van der Waals surface area contributed by atoms with Gasteiger partial charge in [-0.2, -0.15) is 0 Å². The van der Waals surface area contributed by atoms with Crippen LogP contribution in [0.3, 0.4) is 0 Å². The van der Waals surface area contributed by atoms with E-state index in [1.807, 2.05) is 43.3 Å². The number of benzene rings is 2. The standard InChI is InChI=1S/C21H28N2O3.ClH/c1-3-12-25-19-11-10-17(15-20(19)26-13-4-2)23-21(24)18(22)14-16-8-6-5-7-9-16;/h5-11,15,18H,3-4,12-14,22H2,1-2H3,(H,23,24);1H. The number of anilines is 1. The van der Waals surface area contributed by atoms with Gasteiger partial charge in [0.2, 0.25) is 5.91 Å². The van der Waals surface area contributed by atoms with Crippen LogP contribution < -0.4 is 20.5 Å². The van der Waals surface area contributed by atoms with E-state index in [1.54, 1.807) is 12.1 Å². The topological polar surface area (TPSA) is 73.6 Å². The average Bonchev–Trinajstić information content (AvgIpc) is 2.66. The summed E-state index contributed by atoms with van der Waals surface area (Å²) in [6.45, 7) is 5.31. The Kier molecular flexibility index (Phi) is 10.3. The molecular weight excluding hydrogens is 364 g/mol. The molecule has 2 rings (SSSR count). The minimum Gasteiger partial charge on any atom is -0.490 e.